The van der Waals surface area contributed by atoms with Gasteiger partial charge in [-0.1, -0.05) is 25.2 Å². The van der Waals surface area contributed by atoms with E-state index in [4.69, 9.17) is 0 Å². The summed E-state index contributed by atoms with van der Waals surface area (Å²) in [6.07, 6.45) is 8.71. The Hall–Kier alpha value is -1.05. The first-order valence-corrected chi connectivity index (χ1v) is 4.69. The number of rotatable bonds is 2. The van der Waals surface area contributed by atoms with Gasteiger partial charge in [-0.2, -0.15) is 0 Å². The maximum absolute atomic E-state index is 11.2. The molecule has 0 aromatic rings. The highest BCUT2D eigenvalue weighted by atomic mass is 16.5. The largest absolute Gasteiger partial charge is 0.466 e. The van der Waals surface area contributed by atoms with E-state index in [1.807, 2.05) is 0 Å². The molecule has 0 aromatic heterocycles. The maximum atomic E-state index is 11.2. The number of carbonyl (C=O) groups excluding carboxylic acids is 1. The van der Waals surface area contributed by atoms with Crippen LogP contribution >= 0.6 is 0 Å². The summed E-state index contributed by atoms with van der Waals surface area (Å²) in [5, 5.41) is 0. The lowest BCUT2D eigenvalue weighted by Crippen LogP contribution is -2.11. The third kappa shape index (κ3) is 2.72. The molecule has 72 valence electrons. The van der Waals surface area contributed by atoms with Crippen molar-refractivity contribution >= 4 is 5.97 Å². The first-order valence-electron chi connectivity index (χ1n) is 4.69. The van der Waals surface area contributed by atoms with Crippen molar-refractivity contribution in [3.05, 3.63) is 24.3 Å². The molecule has 0 aromatic carbocycles. The maximum Gasteiger partial charge on any atom is 0.333 e. The molecule has 0 spiro atoms. The molecule has 2 heteroatoms. The Balaban J connectivity index is 2.58. The van der Waals surface area contributed by atoms with Gasteiger partial charge in [0.05, 0.1) is 7.11 Å². The number of methoxy groups -OCH3 is 1. The molecule has 0 fully saturated rings. The lowest BCUT2D eigenvalue weighted by molar-refractivity contribution is -0.136. The van der Waals surface area contributed by atoms with Crippen molar-refractivity contribution in [2.24, 2.45) is 5.92 Å². The summed E-state index contributed by atoms with van der Waals surface area (Å²) in [6.45, 7) is 3.76. The summed E-state index contributed by atoms with van der Waals surface area (Å²) in [5.74, 6) is -0.0912. The standard InChI is InChI=1S/C11H16O2/c1-9(11(12)13-2)10-7-5-3-4-6-8-10/h5,7,10H,1,3-4,6,8H2,2H3/t10-/m1/s1. The van der Waals surface area contributed by atoms with Gasteiger partial charge in [-0.05, 0) is 19.3 Å². The van der Waals surface area contributed by atoms with Crippen LogP contribution in [0.5, 0.6) is 0 Å². The van der Waals surface area contributed by atoms with E-state index in [0.717, 1.165) is 19.3 Å². The molecule has 0 unspecified atom stereocenters. The van der Waals surface area contributed by atoms with Crippen LogP contribution in [0, 0.1) is 5.92 Å². The van der Waals surface area contributed by atoms with Crippen LogP contribution in [-0.2, 0) is 9.53 Å². The van der Waals surface area contributed by atoms with Gasteiger partial charge in [0, 0.05) is 11.5 Å². The second kappa shape index (κ2) is 4.85. The summed E-state index contributed by atoms with van der Waals surface area (Å²) in [4.78, 5) is 11.2. The van der Waals surface area contributed by atoms with Gasteiger partial charge in [0.25, 0.3) is 0 Å². The molecule has 0 saturated carbocycles. The fourth-order valence-electron chi connectivity index (χ4n) is 1.56. The molecule has 1 aliphatic carbocycles. The average molecular weight is 180 g/mol. The molecule has 0 aliphatic heterocycles. The van der Waals surface area contributed by atoms with Crippen LogP contribution in [0.25, 0.3) is 0 Å². The van der Waals surface area contributed by atoms with E-state index in [9.17, 15) is 4.79 Å². The van der Waals surface area contributed by atoms with Gasteiger partial charge in [-0.15, -0.1) is 0 Å². The van der Waals surface area contributed by atoms with E-state index in [1.165, 1.54) is 13.5 Å². The van der Waals surface area contributed by atoms with Crippen molar-refractivity contribution in [2.75, 3.05) is 7.11 Å². The van der Waals surface area contributed by atoms with Crippen molar-refractivity contribution in [2.45, 2.75) is 25.7 Å². The number of esters is 1. The Labute approximate surface area is 79.3 Å². The molecule has 0 N–H and O–H groups in total. The Kier molecular flexibility index (Phi) is 3.74. The van der Waals surface area contributed by atoms with Crippen LogP contribution < -0.4 is 0 Å². The molecular weight excluding hydrogens is 164 g/mol. The van der Waals surface area contributed by atoms with Gasteiger partial charge in [0.1, 0.15) is 0 Å². The van der Waals surface area contributed by atoms with Gasteiger partial charge in [0.15, 0.2) is 0 Å². The summed E-state index contributed by atoms with van der Waals surface area (Å²) in [6, 6.07) is 0. The number of hydrogen-bond acceptors (Lipinski definition) is 2. The SMILES string of the molecule is C=C(C(=O)OC)[C@@H]1C=CCCCC1. The Bertz CT molecular complexity index is 228. The molecule has 0 heterocycles. The van der Waals surface area contributed by atoms with Crippen molar-refractivity contribution in [3.63, 3.8) is 0 Å². The van der Waals surface area contributed by atoms with E-state index in [1.54, 1.807) is 0 Å². The molecular formula is C11H16O2. The van der Waals surface area contributed by atoms with Gasteiger partial charge in [0.2, 0.25) is 0 Å². The van der Waals surface area contributed by atoms with Gasteiger partial charge >= 0.3 is 5.97 Å². The number of allylic oxidation sites excluding steroid dienone is 2. The van der Waals surface area contributed by atoms with E-state index in [0.29, 0.717) is 5.57 Å². The van der Waals surface area contributed by atoms with Crippen molar-refractivity contribution in [3.8, 4) is 0 Å². The van der Waals surface area contributed by atoms with Crippen LogP contribution in [0.3, 0.4) is 0 Å². The smallest absolute Gasteiger partial charge is 0.333 e. The highest BCUT2D eigenvalue weighted by molar-refractivity contribution is 5.88. The third-order valence-electron chi connectivity index (χ3n) is 2.40. The quantitative estimate of drug-likeness (QED) is 0.370. The minimum Gasteiger partial charge on any atom is -0.466 e. The van der Waals surface area contributed by atoms with Gasteiger partial charge in [-0.25, -0.2) is 4.79 Å². The van der Waals surface area contributed by atoms with Crippen molar-refractivity contribution in [1.82, 2.24) is 0 Å². The summed E-state index contributed by atoms with van der Waals surface area (Å²) in [7, 11) is 1.40. The Morgan fingerprint density at radius 2 is 2.31 bits per heavy atom. The molecule has 0 bridgehead atoms. The third-order valence-corrected chi connectivity index (χ3v) is 2.40. The summed E-state index contributed by atoms with van der Waals surface area (Å²) in [5.41, 5.74) is 0.584. The van der Waals surface area contributed by atoms with Crippen LogP contribution in [-0.4, -0.2) is 13.1 Å². The molecule has 0 radical (unpaired) electrons. The lowest BCUT2D eigenvalue weighted by atomic mass is 9.96. The fourth-order valence-corrected chi connectivity index (χ4v) is 1.56. The van der Waals surface area contributed by atoms with Crippen LogP contribution in [0.15, 0.2) is 24.3 Å². The molecule has 0 amide bonds. The Morgan fingerprint density at radius 3 is 3.00 bits per heavy atom. The number of hydrogen-bond donors (Lipinski definition) is 0. The Morgan fingerprint density at radius 1 is 1.54 bits per heavy atom. The highest BCUT2D eigenvalue weighted by Crippen LogP contribution is 2.23. The van der Waals surface area contributed by atoms with Crippen molar-refractivity contribution in [1.29, 1.82) is 0 Å². The van der Waals surface area contributed by atoms with Crippen LogP contribution in [0.4, 0.5) is 0 Å². The van der Waals surface area contributed by atoms with Crippen LogP contribution in [0.2, 0.25) is 0 Å². The van der Waals surface area contributed by atoms with Crippen molar-refractivity contribution < 1.29 is 9.53 Å². The molecule has 1 aliphatic rings. The van der Waals surface area contributed by atoms with Crippen LogP contribution in [0.1, 0.15) is 25.7 Å². The van der Waals surface area contributed by atoms with E-state index in [-0.39, 0.29) is 11.9 Å². The lowest BCUT2D eigenvalue weighted by Gasteiger charge is -2.11. The van der Waals surface area contributed by atoms with Gasteiger partial charge < -0.3 is 4.74 Å². The fraction of sp³-hybridized carbons (Fsp3) is 0.545. The predicted molar refractivity (Wildman–Crippen MR) is 52.3 cm³/mol. The summed E-state index contributed by atoms with van der Waals surface area (Å²) >= 11 is 0. The minimum atomic E-state index is -0.281. The first-order chi connectivity index (χ1) is 6.25. The molecule has 1 atom stereocenters. The predicted octanol–water partition coefficient (Wildman–Crippen LogP) is 2.46. The summed E-state index contributed by atoms with van der Waals surface area (Å²) < 4.78 is 4.63. The minimum absolute atomic E-state index is 0.190. The highest BCUT2D eigenvalue weighted by Gasteiger charge is 2.17. The van der Waals surface area contributed by atoms with E-state index < -0.39 is 0 Å². The zero-order chi connectivity index (χ0) is 9.68. The van der Waals surface area contributed by atoms with E-state index >= 15 is 0 Å². The topological polar surface area (TPSA) is 26.3 Å². The normalized spacial score (nSPS) is 22.1. The second-order valence-electron chi connectivity index (χ2n) is 3.34. The van der Waals surface area contributed by atoms with Gasteiger partial charge in [-0.3, -0.25) is 0 Å². The average Bonchev–Trinajstić information content (AvgIpc) is 2.43. The molecule has 2 nitrogen and oxygen atoms in total. The number of carbonyl (C=O) groups is 1. The first kappa shape index (κ1) is 10.0. The molecule has 13 heavy (non-hydrogen) atoms. The monoisotopic (exact) mass is 180 g/mol. The molecule has 0 saturated heterocycles. The number of ether oxygens (including phenoxy) is 1. The second-order valence-corrected chi connectivity index (χ2v) is 3.34. The van der Waals surface area contributed by atoms with E-state index in [2.05, 4.69) is 23.5 Å². The zero-order valence-corrected chi connectivity index (χ0v) is 8.08. The molecule has 1 rings (SSSR count). The zero-order valence-electron chi connectivity index (χ0n) is 8.08.